The zero-order chi connectivity index (χ0) is 24.9. The number of carboxylic acid groups (broad SMARTS) is 1. The molecule has 3 aromatic rings. The highest BCUT2D eigenvalue weighted by molar-refractivity contribution is 6.38. The monoisotopic (exact) mass is 528 g/mol. The van der Waals surface area contributed by atoms with E-state index < -0.39 is 41.2 Å². The number of carbonyl (C=O) groups is 3. The van der Waals surface area contributed by atoms with Crippen molar-refractivity contribution in [3.05, 3.63) is 99.0 Å². The van der Waals surface area contributed by atoms with Crippen LogP contribution < -0.4 is 10.2 Å². The summed E-state index contributed by atoms with van der Waals surface area (Å²) in [6.45, 7) is 0. The van der Waals surface area contributed by atoms with Gasteiger partial charge in [-0.2, -0.15) is 0 Å². The van der Waals surface area contributed by atoms with Gasteiger partial charge in [0.1, 0.15) is 5.54 Å². The summed E-state index contributed by atoms with van der Waals surface area (Å²) in [5, 5.41) is 14.7. The van der Waals surface area contributed by atoms with Crippen molar-refractivity contribution in [2.24, 2.45) is 11.8 Å². The fourth-order valence-corrected chi connectivity index (χ4v) is 5.83. The van der Waals surface area contributed by atoms with Gasteiger partial charge in [-0.3, -0.25) is 19.7 Å². The SMILES string of the molecule is O=C1[C@@H]2[C@H](c3ccc(Cl)cc3)N[C@](Cc3ccccc3)(C(=O)O)[C@H]2C(=O)N1c1ccc(Cl)cc1Cl. The smallest absolute Gasteiger partial charge is 0.325 e. The van der Waals surface area contributed by atoms with E-state index in [1.165, 1.54) is 18.2 Å². The predicted octanol–water partition coefficient (Wildman–Crippen LogP) is 5.16. The average molecular weight is 530 g/mol. The topological polar surface area (TPSA) is 86.7 Å². The van der Waals surface area contributed by atoms with E-state index in [0.717, 1.165) is 10.5 Å². The van der Waals surface area contributed by atoms with Crippen molar-refractivity contribution in [2.75, 3.05) is 4.90 Å². The van der Waals surface area contributed by atoms with Crippen LogP contribution in [0.3, 0.4) is 0 Å². The maximum absolute atomic E-state index is 13.9. The number of carboxylic acids is 1. The Bertz CT molecular complexity index is 1330. The molecule has 2 N–H and O–H groups in total. The summed E-state index contributed by atoms with van der Waals surface area (Å²) in [5.74, 6) is -4.48. The number of nitrogens with one attached hydrogen (secondary N) is 1. The largest absolute Gasteiger partial charge is 0.480 e. The minimum Gasteiger partial charge on any atom is -0.480 e. The van der Waals surface area contributed by atoms with Crippen LogP contribution in [0.2, 0.25) is 15.1 Å². The highest BCUT2D eigenvalue weighted by atomic mass is 35.5. The van der Waals surface area contributed by atoms with E-state index in [4.69, 9.17) is 34.8 Å². The molecule has 0 spiro atoms. The first-order valence-electron chi connectivity index (χ1n) is 10.9. The first-order chi connectivity index (χ1) is 16.7. The zero-order valence-corrected chi connectivity index (χ0v) is 20.4. The van der Waals surface area contributed by atoms with E-state index >= 15 is 0 Å². The molecule has 2 aliphatic rings. The van der Waals surface area contributed by atoms with Crippen LogP contribution in [0.1, 0.15) is 17.2 Å². The van der Waals surface area contributed by atoms with Crippen LogP contribution in [0.4, 0.5) is 5.69 Å². The molecule has 2 fully saturated rings. The second kappa shape index (κ2) is 8.95. The maximum atomic E-state index is 13.9. The molecule has 9 heteroatoms. The van der Waals surface area contributed by atoms with E-state index in [1.54, 1.807) is 48.5 Å². The summed E-state index contributed by atoms with van der Waals surface area (Å²) in [6.07, 6.45) is 0.00956. The second-order valence-corrected chi connectivity index (χ2v) is 10.0. The van der Waals surface area contributed by atoms with Gasteiger partial charge in [0.2, 0.25) is 11.8 Å². The van der Waals surface area contributed by atoms with Gasteiger partial charge >= 0.3 is 5.97 Å². The normalized spacial score (nSPS) is 25.7. The molecule has 2 aliphatic heterocycles. The number of amides is 2. The second-order valence-electron chi connectivity index (χ2n) is 8.72. The molecule has 5 rings (SSSR count). The van der Waals surface area contributed by atoms with Gasteiger partial charge in [-0.25, -0.2) is 4.90 Å². The van der Waals surface area contributed by atoms with E-state index in [2.05, 4.69) is 5.32 Å². The van der Waals surface area contributed by atoms with E-state index in [-0.39, 0.29) is 17.1 Å². The molecule has 0 aromatic heterocycles. The number of halogens is 3. The number of aliphatic carboxylic acids is 1. The van der Waals surface area contributed by atoms with Crippen LogP contribution in [-0.2, 0) is 20.8 Å². The Morgan fingerprint density at radius 1 is 0.914 bits per heavy atom. The van der Waals surface area contributed by atoms with Gasteiger partial charge < -0.3 is 5.11 Å². The summed E-state index contributed by atoms with van der Waals surface area (Å²) in [6, 6.07) is 19.5. The van der Waals surface area contributed by atoms with E-state index in [1.807, 2.05) is 6.07 Å². The Balaban J connectivity index is 1.67. The Labute approximate surface area is 216 Å². The molecule has 35 heavy (non-hydrogen) atoms. The molecular weight excluding hydrogens is 511 g/mol. The van der Waals surface area contributed by atoms with Crippen molar-refractivity contribution in [3.8, 4) is 0 Å². The van der Waals surface area contributed by atoms with Crippen molar-refractivity contribution >= 4 is 58.3 Å². The lowest BCUT2D eigenvalue weighted by molar-refractivity contribution is -0.148. The minimum absolute atomic E-state index is 0.00956. The fourth-order valence-electron chi connectivity index (χ4n) is 5.21. The zero-order valence-electron chi connectivity index (χ0n) is 18.1. The number of benzene rings is 3. The Kier molecular flexibility index (Phi) is 6.09. The molecule has 0 unspecified atom stereocenters. The lowest BCUT2D eigenvalue weighted by Crippen LogP contribution is -2.57. The summed E-state index contributed by atoms with van der Waals surface area (Å²) in [4.78, 5) is 41.6. The first-order valence-corrected chi connectivity index (χ1v) is 12.0. The third-order valence-corrected chi connectivity index (χ3v) is 7.53. The third kappa shape index (κ3) is 3.91. The Morgan fingerprint density at radius 3 is 2.20 bits per heavy atom. The molecule has 2 saturated heterocycles. The number of anilines is 1. The number of hydrogen-bond acceptors (Lipinski definition) is 4. The number of imide groups is 1. The lowest BCUT2D eigenvalue weighted by atomic mass is 9.76. The molecule has 3 aromatic carbocycles. The van der Waals surface area contributed by atoms with Crippen LogP contribution in [0.25, 0.3) is 0 Å². The number of fused-ring (bicyclic) bond motifs is 1. The van der Waals surface area contributed by atoms with Gasteiger partial charge in [0.05, 0.1) is 22.5 Å². The molecule has 4 atom stereocenters. The number of carbonyl (C=O) groups excluding carboxylic acids is 2. The highest BCUT2D eigenvalue weighted by Crippen LogP contribution is 2.51. The summed E-state index contributed by atoms with van der Waals surface area (Å²) < 4.78 is 0. The number of hydrogen-bond donors (Lipinski definition) is 2. The van der Waals surface area contributed by atoms with Crippen LogP contribution in [0, 0.1) is 11.8 Å². The molecule has 6 nitrogen and oxygen atoms in total. The van der Waals surface area contributed by atoms with Crippen LogP contribution in [-0.4, -0.2) is 28.4 Å². The molecule has 178 valence electrons. The van der Waals surface area contributed by atoms with Gasteiger partial charge in [-0.05, 0) is 41.5 Å². The third-order valence-electron chi connectivity index (χ3n) is 6.74. The Morgan fingerprint density at radius 2 is 1.57 bits per heavy atom. The van der Waals surface area contributed by atoms with Crippen molar-refractivity contribution in [2.45, 2.75) is 18.0 Å². The number of rotatable bonds is 5. The average Bonchev–Trinajstić information content (AvgIpc) is 3.30. The van der Waals surface area contributed by atoms with Gasteiger partial charge in [0, 0.05) is 22.5 Å². The molecule has 2 heterocycles. The lowest BCUT2D eigenvalue weighted by Gasteiger charge is -2.31. The van der Waals surface area contributed by atoms with Gasteiger partial charge in [-0.15, -0.1) is 0 Å². The number of nitrogens with zero attached hydrogens (tertiary/aromatic N) is 1. The highest BCUT2D eigenvalue weighted by Gasteiger charge is 2.68. The van der Waals surface area contributed by atoms with Crippen molar-refractivity contribution in [1.29, 1.82) is 0 Å². The van der Waals surface area contributed by atoms with Crippen molar-refractivity contribution in [1.82, 2.24) is 5.32 Å². The van der Waals surface area contributed by atoms with Crippen LogP contribution >= 0.6 is 34.8 Å². The Hall–Kier alpha value is -2.90. The molecular formula is C26H19Cl3N2O4. The standard InChI is InChI=1S/C26H19Cl3N2O4/c27-16-8-6-15(7-9-16)22-20-21(26(30-22,25(34)35)13-14-4-2-1-3-5-14)24(33)31(23(20)32)19-11-10-17(28)12-18(19)29/h1-12,20-22,30H,13H2,(H,34,35)/t20-,21+,22-,26-/m0/s1. The van der Waals surface area contributed by atoms with Gasteiger partial charge in [-0.1, -0.05) is 77.3 Å². The van der Waals surface area contributed by atoms with Crippen LogP contribution in [0.15, 0.2) is 72.8 Å². The van der Waals surface area contributed by atoms with E-state index in [9.17, 15) is 19.5 Å². The first kappa shape index (κ1) is 23.8. The molecule has 0 bridgehead atoms. The van der Waals surface area contributed by atoms with Crippen LogP contribution in [0.5, 0.6) is 0 Å². The summed E-state index contributed by atoms with van der Waals surface area (Å²) >= 11 is 18.4. The minimum atomic E-state index is -1.73. The molecule has 0 aliphatic carbocycles. The van der Waals surface area contributed by atoms with Gasteiger partial charge in [0.15, 0.2) is 0 Å². The fraction of sp³-hybridized carbons (Fsp3) is 0.192. The summed E-state index contributed by atoms with van der Waals surface area (Å²) in [5.41, 5.74) is -0.169. The van der Waals surface area contributed by atoms with Gasteiger partial charge in [0.25, 0.3) is 0 Å². The molecule has 0 radical (unpaired) electrons. The quantitative estimate of drug-likeness (QED) is 0.446. The molecule has 0 saturated carbocycles. The predicted molar refractivity (Wildman–Crippen MR) is 134 cm³/mol. The van der Waals surface area contributed by atoms with E-state index in [0.29, 0.717) is 15.6 Å². The molecule has 2 amide bonds. The van der Waals surface area contributed by atoms with Crippen molar-refractivity contribution in [3.63, 3.8) is 0 Å². The summed E-state index contributed by atoms with van der Waals surface area (Å²) in [7, 11) is 0. The van der Waals surface area contributed by atoms with Crippen molar-refractivity contribution < 1.29 is 19.5 Å². The maximum Gasteiger partial charge on any atom is 0.325 e.